The lowest BCUT2D eigenvalue weighted by molar-refractivity contribution is -0.0757. The van der Waals surface area contributed by atoms with Crippen molar-refractivity contribution in [2.45, 2.75) is 19.3 Å². The van der Waals surface area contributed by atoms with Crippen LogP contribution in [0.1, 0.15) is 27.9 Å². The molecule has 0 unspecified atom stereocenters. The summed E-state index contributed by atoms with van der Waals surface area (Å²) in [4.78, 5) is 16.8. The third kappa shape index (κ3) is 1.75. The molecule has 0 atom stereocenters. The number of fused-ring (bicyclic) bond motifs is 1. The van der Waals surface area contributed by atoms with Gasteiger partial charge >= 0.3 is 0 Å². The number of carbonyl (C=O) groups excluding carboxylic acids is 1. The Morgan fingerprint density at radius 2 is 2.20 bits per heavy atom. The highest BCUT2D eigenvalue weighted by molar-refractivity contribution is 5.95. The molecule has 2 rings (SSSR count). The first-order chi connectivity index (χ1) is 7.24. The van der Waals surface area contributed by atoms with Crippen molar-refractivity contribution in [3.8, 4) is 0 Å². The van der Waals surface area contributed by atoms with Crippen molar-refractivity contribution in [2.24, 2.45) is 0 Å². The minimum atomic E-state index is -0.0590. The third-order valence-corrected chi connectivity index (χ3v) is 2.94. The van der Waals surface area contributed by atoms with E-state index in [2.05, 4.69) is 6.07 Å². The highest BCUT2D eigenvalue weighted by atomic mass is 16.7. The van der Waals surface area contributed by atoms with Gasteiger partial charge in [0.25, 0.3) is 5.91 Å². The van der Waals surface area contributed by atoms with E-state index in [0.717, 1.165) is 24.8 Å². The van der Waals surface area contributed by atoms with Crippen LogP contribution in [0.4, 0.5) is 0 Å². The SMILES string of the molecule is CON(C)C(=O)c1cccc2c1CCC2. The summed E-state index contributed by atoms with van der Waals surface area (Å²) < 4.78 is 0. The zero-order valence-electron chi connectivity index (χ0n) is 9.12. The van der Waals surface area contributed by atoms with Gasteiger partial charge < -0.3 is 0 Å². The molecule has 1 aliphatic rings. The van der Waals surface area contributed by atoms with Crippen molar-refractivity contribution in [3.63, 3.8) is 0 Å². The molecule has 0 spiro atoms. The Balaban J connectivity index is 2.37. The monoisotopic (exact) mass is 205 g/mol. The molecule has 3 nitrogen and oxygen atoms in total. The van der Waals surface area contributed by atoms with Crippen molar-refractivity contribution < 1.29 is 9.63 Å². The summed E-state index contributed by atoms with van der Waals surface area (Å²) in [7, 11) is 3.14. The highest BCUT2D eigenvalue weighted by Gasteiger charge is 2.20. The Hall–Kier alpha value is -1.35. The second kappa shape index (κ2) is 4.03. The quantitative estimate of drug-likeness (QED) is 0.689. The second-order valence-electron chi connectivity index (χ2n) is 3.78. The van der Waals surface area contributed by atoms with Crippen LogP contribution in [0.15, 0.2) is 18.2 Å². The molecule has 0 radical (unpaired) electrons. The molecule has 0 aromatic heterocycles. The molecule has 0 aliphatic heterocycles. The minimum absolute atomic E-state index is 0.0590. The summed E-state index contributed by atoms with van der Waals surface area (Å²) in [5, 5.41) is 1.27. The summed E-state index contributed by atoms with van der Waals surface area (Å²) in [6.07, 6.45) is 3.25. The van der Waals surface area contributed by atoms with Crippen molar-refractivity contribution in [2.75, 3.05) is 14.2 Å². The van der Waals surface area contributed by atoms with Gasteiger partial charge in [-0.25, -0.2) is 5.06 Å². The maximum atomic E-state index is 11.9. The lowest BCUT2D eigenvalue weighted by Crippen LogP contribution is -2.26. The van der Waals surface area contributed by atoms with Gasteiger partial charge in [-0.3, -0.25) is 9.63 Å². The van der Waals surface area contributed by atoms with E-state index in [1.807, 2.05) is 12.1 Å². The van der Waals surface area contributed by atoms with Crippen molar-refractivity contribution >= 4 is 5.91 Å². The molecule has 1 amide bonds. The van der Waals surface area contributed by atoms with E-state index in [1.165, 1.54) is 23.3 Å². The first-order valence-corrected chi connectivity index (χ1v) is 5.17. The fraction of sp³-hybridized carbons (Fsp3) is 0.417. The van der Waals surface area contributed by atoms with Gasteiger partial charge in [0, 0.05) is 12.6 Å². The van der Waals surface area contributed by atoms with Crippen LogP contribution < -0.4 is 0 Å². The number of hydroxylamine groups is 2. The standard InChI is InChI=1S/C12H15NO2/c1-13(15-2)12(14)11-8-4-6-9-5-3-7-10(9)11/h4,6,8H,3,5,7H2,1-2H3. The number of rotatable bonds is 2. The Labute approximate surface area is 89.6 Å². The first-order valence-electron chi connectivity index (χ1n) is 5.17. The summed E-state index contributed by atoms with van der Waals surface area (Å²) in [6.45, 7) is 0. The van der Waals surface area contributed by atoms with Crippen LogP contribution in [0.25, 0.3) is 0 Å². The number of carbonyl (C=O) groups is 1. The van der Waals surface area contributed by atoms with Crippen molar-refractivity contribution in [1.82, 2.24) is 5.06 Å². The van der Waals surface area contributed by atoms with Crippen LogP contribution in [-0.4, -0.2) is 25.1 Å². The van der Waals surface area contributed by atoms with Crippen molar-refractivity contribution in [3.05, 3.63) is 34.9 Å². The fourth-order valence-corrected chi connectivity index (χ4v) is 2.07. The average Bonchev–Trinajstić information content (AvgIpc) is 2.74. The van der Waals surface area contributed by atoms with E-state index in [-0.39, 0.29) is 5.91 Å². The van der Waals surface area contributed by atoms with Gasteiger partial charge in [-0.2, -0.15) is 0 Å². The van der Waals surface area contributed by atoms with E-state index in [9.17, 15) is 4.79 Å². The molecule has 0 fully saturated rings. The normalized spacial score (nSPS) is 13.7. The summed E-state index contributed by atoms with van der Waals surface area (Å²) in [5.74, 6) is -0.0590. The fourth-order valence-electron chi connectivity index (χ4n) is 2.07. The van der Waals surface area contributed by atoms with Crippen LogP contribution >= 0.6 is 0 Å². The molecule has 0 N–H and O–H groups in total. The topological polar surface area (TPSA) is 29.5 Å². The maximum Gasteiger partial charge on any atom is 0.277 e. The Morgan fingerprint density at radius 3 is 2.93 bits per heavy atom. The molecule has 0 saturated heterocycles. The van der Waals surface area contributed by atoms with E-state index in [1.54, 1.807) is 7.05 Å². The van der Waals surface area contributed by atoms with Gasteiger partial charge in [0.05, 0.1) is 7.11 Å². The average molecular weight is 205 g/mol. The van der Waals surface area contributed by atoms with Crippen molar-refractivity contribution in [1.29, 1.82) is 0 Å². The van der Waals surface area contributed by atoms with E-state index >= 15 is 0 Å². The first kappa shape index (κ1) is 10.2. The predicted octanol–water partition coefficient (Wildman–Crippen LogP) is 1.81. The molecule has 80 valence electrons. The smallest absolute Gasteiger partial charge is 0.274 e. The molecular weight excluding hydrogens is 190 g/mol. The predicted molar refractivity (Wildman–Crippen MR) is 57.6 cm³/mol. The van der Waals surface area contributed by atoms with Gasteiger partial charge in [-0.1, -0.05) is 12.1 Å². The molecule has 0 heterocycles. The van der Waals surface area contributed by atoms with Crippen LogP contribution in [0.5, 0.6) is 0 Å². The molecule has 0 saturated carbocycles. The highest BCUT2D eigenvalue weighted by Crippen LogP contribution is 2.25. The second-order valence-corrected chi connectivity index (χ2v) is 3.78. The number of aryl methyl sites for hydroxylation is 1. The summed E-state index contributed by atoms with van der Waals surface area (Å²) in [6, 6.07) is 5.93. The molecule has 1 aromatic carbocycles. The molecule has 1 aromatic rings. The number of hydrogen-bond acceptors (Lipinski definition) is 2. The van der Waals surface area contributed by atoms with Crippen LogP contribution in [0.2, 0.25) is 0 Å². The number of amides is 1. The van der Waals surface area contributed by atoms with Gasteiger partial charge in [0.2, 0.25) is 0 Å². The number of hydrogen-bond donors (Lipinski definition) is 0. The van der Waals surface area contributed by atoms with Crippen LogP contribution in [-0.2, 0) is 17.7 Å². The Kier molecular flexibility index (Phi) is 2.73. The largest absolute Gasteiger partial charge is 0.277 e. The van der Waals surface area contributed by atoms with Crippen LogP contribution in [0, 0.1) is 0 Å². The van der Waals surface area contributed by atoms with E-state index in [0.29, 0.717) is 0 Å². The minimum Gasteiger partial charge on any atom is -0.274 e. The lowest BCUT2D eigenvalue weighted by Gasteiger charge is -2.15. The van der Waals surface area contributed by atoms with Gasteiger partial charge in [-0.15, -0.1) is 0 Å². The lowest BCUT2D eigenvalue weighted by atomic mass is 10.0. The molecule has 0 bridgehead atoms. The van der Waals surface area contributed by atoms with Gasteiger partial charge in [0.1, 0.15) is 0 Å². The van der Waals surface area contributed by atoms with E-state index in [4.69, 9.17) is 4.84 Å². The summed E-state index contributed by atoms with van der Waals surface area (Å²) >= 11 is 0. The third-order valence-electron chi connectivity index (χ3n) is 2.94. The molecule has 1 aliphatic carbocycles. The Bertz CT molecular complexity index is 387. The zero-order valence-corrected chi connectivity index (χ0v) is 9.12. The number of nitrogens with zero attached hydrogens (tertiary/aromatic N) is 1. The van der Waals surface area contributed by atoms with Gasteiger partial charge in [-0.05, 0) is 36.5 Å². The van der Waals surface area contributed by atoms with Crippen LogP contribution in [0.3, 0.4) is 0 Å². The number of benzene rings is 1. The Morgan fingerprint density at radius 1 is 1.40 bits per heavy atom. The zero-order chi connectivity index (χ0) is 10.8. The van der Waals surface area contributed by atoms with Gasteiger partial charge in [0.15, 0.2) is 0 Å². The molecule has 3 heteroatoms. The summed E-state index contributed by atoms with van der Waals surface area (Å²) in [5.41, 5.74) is 3.30. The maximum absolute atomic E-state index is 11.9. The molecular formula is C12H15NO2. The molecule has 15 heavy (non-hydrogen) atoms. The van der Waals surface area contributed by atoms with E-state index < -0.39 is 0 Å².